The van der Waals surface area contributed by atoms with Gasteiger partial charge in [-0.25, -0.2) is 13.2 Å². The van der Waals surface area contributed by atoms with Crippen molar-refractivity contribution in [2.24, 2.45) is 0 Å². The van der Waals surface area contributed by atoms with Gasteiger partial charge in [0.05, 0.1) is 34.2 Å². The molecule has 0 saturated carbocycles. The number of carbonyl (C=O) groups is 1. The predicted molar refractivity (Wildman–Crippen MR) is 77.2 cm³/mol. The van der Waals surface area contributed by atoms with Gasteiger partial charge in [-0.15, -0.1) is 0 Å². The van der Waals surface area contributed by atoms with Crippen molar-refractivity contribution in [1.29, 1.82) is 0 Å². The van der Waals surface area contributed by atoms with Crippen LogP contribution in [0.2, 0.25) is 5.02 Å². The largest absolute Gasteiger partial charge is 0.478 e. The molecule has 0 bridgehead atoms. The van der Waals surface area contributed by atoms with Gasteiger partial charge in [-0.05, 0) is 32.0 Å². The monoisotopic (exact) mass is 333 g/mol. The summed E-state index contributed by atoms with van der Waals surface area (Å²) in [4.78, 5) is 10.9. The Balaban J connectivity index is 2.44. The lowest BCUT2D eigenvalue weighted by molar-refractivity contribution is -0.00771. The normalized spacial score (nSPS) is 19.4. The Hall–Kier alpha value is -1.15. The first-order chi connectivity index (χ1) is 9.66. The second-order valence-electron chi connectivity index (χ2n) is 5.39. The molecule has 0 spiro atoms. The standard InChI is InChI=1S/C13H16ClNO5S/c1-13(2)8-20-6-5-15(13)21(18,19)9-3-4-10(12(16)17)11(14)7-9/h3-4,7H,5-6,8H2,1-2H3,(H,16,17). The van der Waals surface area contributed by atoms with Gasteiger partial charge in [0.15, 0.2) is 0 Å². The van der Waals surface area contributed by atoms with Crippen molar-refractivity contribution in [2.75, 3.05) is 19.8 Å². The minimum absolute atomic E-state index is 0.0209. The third kappa shape index (κ3) is 3.06. The van der Waals surface area contributed by atoms with E-state index < -0.39 is 21.5 Å². The number of nitrogens with zero attached hydrogens (tertiary/aromatic N) is 1. The quantitative estimate of drug-likeness (QED) is 0.912. The van der Waals surface area contributed by atoms with E-state index >= 15 is 0 Å². The van der Waals surface area contributed by atoms with E-state index in [1.807, 2.05) is 0 Å². The SMILES string of the molecule is CC1(C)COCCN1S(=O)(=O)c1ccc(C(=O)O)c(Cl)c1. The third-order valence-corrected chi connectivity index (χ3v) is 5.75. The molecule has 0 amide bonds. The van der Waals surface area contributed by atoms with Crippen LogP contribution >= 0.6 is 11.6 Å². The highest BCUT2D eigenvalue weighted by molar-refractivity contribution is 7.89. The van der Waals surface area contributed by atoms with Gasteiger partial charge < -0.3 is 9.84 Å². The first-order valence-electron chi connectivity index (χ1n) is 6.30. The lowest BCUT2D eigenvalue weighted by atomic mass is 10.1. The minimum atomic E-state index is -3.76. The van der Waals surface area contributed by atoms with Crippen LogP contribution in [-0.4, -0.2) is 49.1 Å². The molecule has 1 N–H and O–H groups in total. The highest BCUT2D eigenvalue weighted by Crippen LogP contribution is 2.29. The van der Waals surface area contributed by atoms with Crippen LogP contribution < -0.4 is 0 Å². The molecule has 1 aromatic rings. The number of halogens is 1. The fraction of sp³-hybridized carbons (Fsp3) is 0.462. The fourth-order valence-electron chi connectivity index (χ4n) is 2.25. The molecule has 1 saturated heterocycles. The molecule has 1 fully saturated rings. The summed E-state index contributed by atoms with van der Waals surface area (Å²) in [7, 11) is -3.76. The Morgan fingerprint density at radius 3 is 2.62 bits per heavy atom. The molecule has 0 aliphatic carbocycles. The van der Waals surface area contributed by atoms with Gasteiger partial charge in [0.25, 0.3) is 0 Å². The Bertz CT molecular complexity index is 671. The maximum Gasteiger partial charge on any atom is 0.337 e. The summed E-state index contributed by atoms with van der Waals surface area (Å²) < 4.78 is 32.1. The zero-order chi connectivity index (χ0) is 15.8. The van der Waals surface area contributed by atoms with Crippen LogP contribution in [0.1, 0.15) is 24.2 Å². The van der Waals surface area contributed by atoms with E-state index in [9.17, 15) is 13.2 Å². The summed E-state index contributed by atoms with van der Waals surface area (Å²) in [5.41, 5.74) is -0.800. The van der Waals surface area contributed by atoms with Gasteiger partial charge in [0.1, 0.15) is 0 Å². The summed E-state index contributed by atoms with van der Waals surface area (Å²) in [5, 5.41) is 8.83. The van der Waals surface area contributed by atoms with Crippen LogP contribution in [-0.2, 0) is 14.8 Å². The minimum Gasteiger partial charge on any atom is -0.478 e. The number of carboxylic acid groups (broad SMARTS) is 1. The molecule has 0 atom stereocenters. The van der Waals surface area contributed by atoms with E-state index in [0.29, 0.717) is 13.2 Å². The second kappa shape index (κ2) is 5.57. The zero-order valence-electron chi connectivity index (χ0n) is 11.7. The van der Waals surface area contributed by atoms with Crippen molar-refractivity contribution in [3.63, 3.8) is 0 Å². The molecule has 0 aromatic heterocycles. The number of aromatic carboxylic acids is 1. The van der Waals surface area contributed by atoms with Crippen molar-refractivity contribution in [3.8, 4) is 0 Å². The molecule has 0 unspecified atom stereocenters. The summed E-state index contributed by atoms with van der Waals surface area (Å²) in [6.07, 6.45) is 0. The molecule has 0 radical (unpaired) electrons. The molecule has 21 heavy (non-hydrogen) atoms. The van der Waals surface area contributed by atoms with Gasteiger partial charge in [-0.2, -0.15) is 4.31 Å². The van der Waals surface area contributed by atoms with Crippen molar-refractivity contribution < 1.29 is 23.1 Å². The van der Waals surface area contributed by atoms with E-state index in [0.717, 1.165) is 0 Å². The molecular weight excluding hydrogens is 318 g/mol. The van der Waals surface area contributed by atoms with Gasteiger partial charge in [0.2, 0.25) is 10.0 Å². The highest BCUT2D eigenvalue weighted by atomic mass is 35.5. The summed E-state index contributed by atoms with van der Waals surface area (Å²) >= 11 is 5.85. The number of hydrogen-bond acceptors (Lipinski definition) is 4. The van der Waals surface area contributed by atoms with E-state index in [2.05, 4.69) is 0 Å². The van der Waals surface area contributed by atoms with Crippen LogP contribution in [0.5, 0.6) is 0 Å². The van der Waals surface area contributed by atoms with Crippen LogP contribution in [0, 0.1) is 0 Å². The molecule has 1 aromatic carbocycles. The van der Waals surface area contributed by atoms with Crippen LogP contribution in [0.25, 0.3) is 0 Å². The number of benzene rings is 1. The molecule has 6 nitrogen and oxygen atoms in total. The van der Waals surface area contributed by atoms with Gasteiger partial charge in [0, 0.05) is 6.54 Å². The van der Waals surface area contributed by atoms with Gasteiger partial charge in [-0.3, -0.25) is 0 Å². The number of rotatable bonds is 3. The first kappa shape index (κ1) is 16.2. The van der Waals surface area contributed by atoms with Crippen molar-refractivity contribution >= 4 is 27.6 Å². The van der Waals surface area contributed by atoms with Crippen LogP contribution in [0.3, 0.4) is 0 Å². The maximum absolute atomic E-state index is 12.7. The van der Waals surface area contributed by atoms with E-state index in [-0.39, 0.29) is 22.0 Å². The Labute approximate surface area is 128 Å². The lowest BCUT2D eigenvalue weighted by Gasteiger charge is -2.40. The molecule has 1 aliphatic heterocycles. The van der Waals surface area contributed by atoms with Crippen molar-refractivity contribution in [3.05, 3.63) is 28.8 Å². The molecule has 1 heterocycles. The summed E-state index contributed by atoms with van der Waals surface area (Å²) in [6, 6.07) is 3.63. The first-order valence-corrected chi connectivity index (χ1v) is 8.11. The Kier molecular flexibility index (Phi) is 4.30. The zero-order valence-corrected chi connectivity index (χ0v) is 13.2. The molecule has 8 heteroatoms. The maximum atomic E-state index is 12.7. The van der Waals surface area contributed by atoms with E-state index in [1.165, 1.54) is 22.5 Å². The van der Waals surface area contributed by atoms with Crippen LogP contribution in [0.4, 0.5) is 0 Å². The molecule has 2 rings (SSSR count). The second-order valence-corrected chi connectivity index (χ2v) is 7.66. The summed E-state index contributed by atoms with van der Waals surface area (Å²) in [6.45, 7) is 4.41. The van der Waals surface area contributed by atoms with E-state index in [1.54, 1.807) is 13.8 Å². The van der Waals surface area contributed by atoms with Gasteiger partial charge in [-0.1, -0.05) is 11.6 Å². The molecule has 1 aliphatic rings. The Morgan fingerprint density at radius 2 is 2.10 bits per heavy atom. The molecule has 116 valence electrons. The summed E-state index contributed by atoms with van der Waals surface area (Å²) in [5.74, 6) is -1.20. The smallest absolute Gasteiger partial charge is 0.337 e. The predicted octanol–water partition coefficient (Wildman–Crippen LogP) is 1.84. The number of ether oxygens (including phenoxy) is 1. The van der Waals surface area contributed by atoms with Crippen molar-refractivity contribution in [2.45, 2.75) is 24.3 Å². The van der Waals surface area contributed by atoms with Crippen LogP contribution in [0.15, 0.2) is 23.1 Å². The van der Waals surface area contributed by atoms with Crippen molar-refractivity contribution in [1.82, 2.24) is 4.31 Å². The average molecular weight is 334 g/mol. The number of morpholine rings is 1. The fourth-order valence-corrected chi connectivity index (χ4v) is 4.35. The lowest BCUT2D eigenvalue weighted by Crippen LogP contribution is -2.55. The number of carboxylic acids is 1. The van der Waals surface area contributed by atoms with E-state index in [4.69, 9.17) is 21.4 Å². The average Bonchev–Trinajstić information content (AvgIpc) is 2.37. The number of hydrogen-bond donors (Lipinski definition) is 1. The van der Waals surface area contributed by atoms with Gasteiger partial charge >= 0.3 is 5.97 Å². The highest BCUT2D eigenvalue weighted by Gasteiger charge is 2.39. The topological polar surface area (TPSA) is 83.9 Å². The Morgan fingerprint density at radius 1 is 1.43 bits per heavy atom. The third-order valence-electron chi connectivity index (χ3n) is 3.33. The molecular formula is C13H16ClNO5S. The number of sulfonamides is 1.